The van der Waals surface area contributed by atoms with Gasteiger partial charge in [0.1, 0.15) is 5.75 Å². The second kappa shape index (κ2) is 16.3. The van der Waals surface area contributed by atoms with Gasteiger partial charge in [-0.2, -0.15) is 13.2 Å². The molecule has 5 rings (SSSR count). The van der Waals surface area contributed by atoms with Crippen LogP contribution in [0.5, 0.6) is 5.75 Å². The van der Waals surface area contributed by atoms with Gasteiger partial charge in [0.05, 0.1) is 17.2 Å². The molecule has 4 aromatic carbocycles. The molecule has 0 spiro atoms. The van der Waals surface area contributed by atoms with E-state index in [-0.39, 0.29) is 23.4 Å². The number of piperazine rings is 1. The van der Waals surface area contributed by atoms with E-state index in [1.54, 1.807) is 6.07 Å². The number of hydrogen-bond donors (Lipinski definition) is 0. The molecule has 47 heavy (non-hydrogen) atoms. The van der Waals surface area contributed by atoms with Gasteiger partial charge >= 0.3 is 6.18 Å². The van der Waals surface area contributed by atoms with Gasteiger partial charge in [-0.15, -0.1) is 0 Å². The molecule has 0 atom stereocenters. The number of rotatable bonds is 13. The number of carbonyl (C=O) groups is 1. The summed E-state index contributed by atoms with van der Waals surface area (Å²) in [7, 11) is 2.06. The highest BCUT2D eigenvalue weighted by molar-refractivity contribution is 6.32. The third kappa shape index (κ3) is 9.60. The van der Waals surface area contributed by atoms with Gasteiger partial charge in [-0.25, -0.2) is 0 Å². The Morgan fingerprint density at radius 2 is 1.45 bits per heavy atom. The number of nitrogens with zero attached hydrogens (tertiary/aromatic N) is 3. The molecule has 0 radical (unpaired) electrons. The molecule has 9 heteroatoms. The third-order valence-electron chi connectivity index (χ3n) is 8.65. The lowest BCUT2D eigenvalue weighted by atomic mass is 9.90. The zero-order valence-corrected chi connectivity index (χ0v) is 27.4. The summed E-state index contributed by atoms with van der Waals surface area (Å²) in [5.74, 6) is 0.751. The van der Waals surface area contributed by atoms with Crippen LogP contribution in [0.25, 0.3) is 0 Å². The van der Waals surface area contributed by atoms with E-state index in [1.807, 2.05) is 65.6 Å². The van der Waals surface area contributed by atoms with Crippen molar-refractivity contribution >= 4 is 17.5 Å². The molecule has 0 saturated carbocycles. The molecule has 248 valence electrons. The SMILES string of the molecule is CN1CCN(C(=O)c2ccc(OCCCCN(Cc3cccc(C(F)(F)F)c3Cl)CC(c3ccccc3)c3ccccc3)cc2)CC1. The van der Waals surface area contributed by atoms with Crippen molar-refractivity contribution in [3.05, 3.63) is 136 Å². The lowest BCUT2D eigenvalue weighted by Crippen LogP contribution is -2.47. The van der Waals surface area contributed by atoms with Crippen LogP contribution in [0.2, 0.25) is 5.02 Å². The number of halogens is 4. The Morgan fingerprint density at radius 1 is 0.830 bits per heavy atom. The second-order valence-corrected chi connectivity index (χ2v) is 12.4. The lowest BCUT2D eigenvalue weighted by molar-refractivity contribution is -0.137. The normalized spacial score (nSPS) is 14.1. The van der Waals surface area contributed by atoms with Crippen LogP contribution in [0, 0.1) is 0 Å². The molecule has 1 saturated heterocycles. The van der Waals surface area contributed by atoms with E-state index < -0.39 is 11.7 Å². The fraction of sp³-hybridized carbons (Fsp3) is 0.342. The third-order valence-corrected chi connectivity index (χ3v) is 9.10. The molecule has 4 aromatic rings. The van der Waals surface area contributed by atoms with E-state index in [4.69, 9.17) is 16.3 Å². The molecule has 5 nitrogen and oxygen atoms in total. The first-order valence-corrected chi connectivity index (χ1v) is 16.4. The Kier molecular flexibility index (Phi) is 12.0. The highest BCUT2D eigenvalue weighted by atomic mass is 35.5. The van der Waals surface area contributed by atoms with E-state index in [1.165, 1.54) is 6.07 Å². The van der Waals surface area contributed by atoms with E-state index in [0.29, 0.717) is 36.6 Å². The fourth-order valence-electron chi connectivity index (χ4n) is 5.94. The summed E-state index contributed by atoms with van der Waals surface area (Å²) in [6, 6.07) is 31.7. The number of amides is 1. The van der Waals surface area contributed by atoms with Crippen molar-refractivity contribution in [3.8, 4) is 5.75 Å². The first kappa shape index (κ1) is 34.5. The highest BCUT2D eigenvalue weighted by Crippen LogP contribution is 2.37. The van der Waals surface area contributed by atoms with Gasteiger partial charge in [0.25, 0.3) is 5.91 Å². The van der Waals surface area contributed by atoms with Crippen molar-refractivity contribution in [2.75, 3.05) is 52.9 Å². The maximum Gasteiger partial charge on any atom is 0.417 e. The largest absolute Gasteiger partial charge is 0.494 e. The van der Waals surface area contributed by atoms with Crippen molar-refractivity contribution in [2.24, 2.45) is 0 Å². The summed E-state index contributed by atoms with van der Waals surface area (Å²) in [5.41, 5.74) is 2.55. The van der Waals surface area contributed by atoms with Crippen molar-refractivity contribution in [1.29, 1.82) is 0 Å². The van der Waals surface area contributed by atoms with Gasteiger partial charge in [0, 0.05) is 50.7 Å². The van der Waals surface area contributed by atoms with Crippen LogP contribution in [0.15, 0.2) is 103 Å². The quantitative estimate of drug-likeness (QED) is 0.135. The number of carbonyl (C=O) groups excluding carboxylic acids is 1. The molecule has 1 fully saturated rings. The molecule has 0 unspecified atom stereocenters. The first-order valence-electron chi connectivity index (χ1n) is 16.1. The Balaban J connectivity index is 1.23. The van der Waals surface area contributed by atoms with Gasteiger partial charge in [-0.3, -0.25) is 9.69 Å². The molecule has 0 aromatic heterocycles. The molecular weight excluding hydrogens is 623 g/mol. The van der Waals surface area contributed by atoms with E-state index >= 15 is 0 Å². The maximum atomic E-state index is 13.7. The summed E-state index contributed by atoms with van der Waals surface area (Å²) >= 11 is 6.35. The summed E-state index contributed by atoms with van der Waals surface area (Å²) < 4.78 is 47.0. The zero-order chi connectivity index (χ0) is 33.2. The van der Waals surface area contributed by atoms with Crippen LogP contribution < -0.4 is 4.74 Å². The Morgan fingerprint density at radius 3 is 2.04 bits per heavy atom. The zero-order valence-electron chi connectivity index (χ0n) is 26.6. The number of likely N-dealkylation sites (N-methyl/N-ethyl adjacent to an activating group) is 1. The lowest BCUT2D eigenvalue weighted by Gasteiger charge is -2.32. The second-order valence-electron chi connectivity index (χ2n) is 12.1. The number of unbranched alkanes of at least 4 members (excludes halogenated alkanes) is 1. The number of alkyl halides is 3. The number of benzene rings is 4. The molecule has 1 aliphatic heterocycles. The maximum absolute atomic E-state index is 13.7. The molecule has 0 bridgehead atoms. The minimum atomic E-state index is -4.53. The predicted molar refractivity (Wildman–Crippen MR) is 181 cm³/mol. The van der Waals surface area contributed by atoms with Crippen LogP contribution in [0.1, 0.15) is 51.4 Å². The average Bonchev–Trinajstić information content (AvgIpc) is 3.08. The van der Waals surface area contributed by atoms with Crippen LogP contribution in [0.4, 0.5) is 13.2 Å². The van der Waals surface area contributed by atoms with Gasteiger partial charge in [0.2, 0.25) is 0 Å². The molecular formula is C38H41ClF3N3O2. The Hall–Kier alpha value is -3.85. The smallest absolute Gasteiger partial charge is 0.417 e. The molecule has 0 aliphatic carbocycles. The van der Waals surface area contributed by atoms with E-state index in [9.17, 15) is 18.0 Å². The van der Waals surface area contributed by atoms with Crippen LogP contribution >= 0.6 is 11.6 Å². The Labute approximate surface area is 280 Å². The minimum absolute atomic E-state index is 0.0188. The first-order chi connectivity index (χ1) is 22.7. The minimum Gasteiger partial charge on any atom is -0.494 e. The van der Waals surface area contributed by atoms with Gasteiger partial charge < -0.3 is 14.5 Å². The number of hydrogen-bond acceptors (Lipinski definition) is 4. The van der Waals surface area contributed by atoms with Crippen LogP contribution in [-0.4, -0.2) is 73.5 Å². The highest BCUT2D eigenvalue weighted by Gasteiger charge is 2.34. The van der Waals surface area contributed by atoms with Gasteiger partial charge in [-0.1, -0.05) is 84.4 Å². The molecule has 0 N–H and O–H groups in total. The van der Waals surface area contributed by atoms with Crippen molar-refractivity contribution in [1.82, 2.24) is 14.7 Å². The molecule has 1 aliphatic rings. The summed E-state index contributed by atoms with van der Waals surface area (Å²) in [6.07, 6.45) is -3.01. The monoisotopic (exact) mass is 663 g/mol. The summed E-state index contributed by atoms with van der Waals surface area (Å²) in [4.78, 5) is 19.1. The average molecular weight is 664 g/mol. The fourth-order valence-corrected chi connectivity index (χ4v) is 6.24. The Bertz CT molecular complexity index is 1520. The summed E-state index contributed by atoms with van der Waals surface area (Å²) in [5, 5.41) is -0.251. The molecule has 1 heterocycles. The van der Waals surface area contributed by atoms with Crippen LogP contribution in [-0.2, 0) is 12.7 Å². The predicted octanol–water partition coefficient (Wildman–Crippen LogP) is 8.24. The van der Waals surface area contributed by atoms with Crippen molar-refractivity contribution in [2.45, 2.75) is 31.5 Å². The van der Waals surface area contributed by atoms with Crippen molar-refractivity contribution < 1.29 is 22.7 Å². The topological polar surface area (TPSA) is 36.0 Å². The molecule has 1 amide bonds. The number of ether oxygens (including phenoxy) is 1. The van der Waals surface area contributed by atoms with E-state index in [2.05, 4.69) is 41.1 Å². The van der Waals surface area contributed by atoms with Crippen molar-refractivity contribution in [3.63, 3.8) is 0 Å². The standard InChI is InChI=1S/C38H41ClF3N3O2/c1-43-22-24-45(25-23-43)37(46)31-17-19-33(20-18-31)47-26-9-8-21-44(27-32-15-10-16-35(36(32)39)38(40,41)42)28-34(29-11-4-2-5-12-29)30-13-6-3-7-14-30/h2-7,10-20,34H,8-9,21-28H2,1H3. The van der Waals surface area contributed by atoms with Gasteiger partial charge in [-0.05, 0) is 73.5 Å². The van der Waals surface area contributed by atoms with E-state index in [0.717, 1.165) is 56.2 Å². The van der Waals surface area contributed by atoms with Gasteiger partial charge in [0.15, 0.2) is 0 Å². The van der Waals surface area contributed by atoms with Crippen LogP contribution in [0.3, 0.4) is 0 Å². The summed E-state index contributed by atoms with van der Waals surface area (Å²) in [6.45, 7) is 5.19.